The van der Waals surface area contributed by atoms with Crippen molar-refractivity contribution in [2.24, 2.45) is 0 Å². The highest BCUT2D eigenvalue weighted by molar-refractivity contribution is 7.46. The number of nitrogens with one attached hydrogen (secondary N) is 2. The Balaban J connectivity index is 1.75. The number of hydrogen-bond donors (Lipinski definition) is 4. The van der Waals surface area contributed by atoms with Crippen LogP contribution in [0.15, 0.2) is 54.5 Å². The number of methoxy groups -OCH3 is 2. The molecule has 9 nitrogen and oxygen atoms in total. The van der Waals surface area contributed by atoms with Gasteiger partial charge in [0.15, 0.2) is 5.82 Å². The maximum absolute atomic E-state index is 14.2. The summed E-state index contributed by atoms with van der Waals surface area (Å²) in [5.74, 6) is 0.317. The number of fused-ring (bicyclic) bond motifs is 1. The molecular formula is C25H24FN4O5P. The summed E-state index contributed by atoms with van der Waals surface area (Å²) in [4.78, 5) is 39.6. The number of nitrogens with zero attached hydrogens (tertiary/aromatic N) is 2. The fraction of sp³-hybridized carbons (Fsp3) is 0.160. The van der Waals surface area contributed by atoms with Crippen molar-refractivity contribution in [3.63, 3.8) is 0 Å². The molecule has 1 aromatic heterocycles. The van der Waals surface area contributed by atoms with Gasteiger partial charge < -0.3 is 29.7 Å². The van der Waals surface area contributed by atoms with E-state index in [-0.39, 0.29) is 12.3 Å². The zero-order valence-corrected chi connectivity index (χ0v) is 20.6. The van der Waals surface area contributed by atoms with Gasteiger partial charge in [0.05, 0.1) is 26.8 Å². The molecule has 0 atom stereocenters. The van der Waals surface area contributed by atoms with Gasteiger partial charge in [0.2, 0.25) is 5.91 Å². The summed E-state index contributed by atoms with van der Waals surface area (Å²) in [7, 11) is 0.482. The molecule has 0 radical (unpaired) electrons. The third kappa shape index (κ3) is 5.36. The van der Waals surface area contributed by atoms with Gasteiger partial charge in [-0.1, -0.05) is 6.07 Å². The zero-order valence-electron chi connectivity index (χ0n) is 19.7. The topological polar surface area (TPSA) is 126 Å². The van der Waals surface area contributed by atoms with Crippen LogP contribution in [0.4, 0.5) is 15.9 Å². The third-order valence-electron chi connectivity index (χ3n) is 5.67. The standard InChI is InChI=1S/C25H24FN4O5P/c1-14-18(8-15-9-21(34-2)25(30-36(32)33)22(10-15)35-3)17-5-4-16(26)11-20(17)19(14)12-24(31)29-23-13-27-6-7-28-23/h4-11,13,30,32-33H,12H2,1-3H3,(H,28,29,31)/b18-8-. The van der Waals surface area contributed by atoms with Crippen LogP contribution in [0.5, 0.6) is 11.5 Å². The Hall–Kier alpha value is -3.85. The van der Waals surface area contributed by atoms with Crippen molar-refractivity contribution in [2.75, 3.05) is 24.6 Å². The first kappa shape index (κ1) is 25.2. The third-order valence-corrected chi connectivity index (χ3v) is 6.10. The normalized spacial score (nSPS) is 13.7. The lowest BCUT2D eigenvalue weighted by Gasteiger charge is -2.16. The molecule has 4 N–H and O–H groups in total. The van der Waals surface area contributed by atoms with E-state index >= 15 is 0 Å². The van der Waals surface area contributed by atoms with E-state index in [2.05, 4.69) is 20.4 Å². The number of carbonyl (C=O) groups is 1. The van der Waals surface area contributed by atoms with Gasteiger partial charge in [0.1, 0.15) is 23.0 Å². The number of benzene rings is 2. The van der Waals surface area contributed by atoms with Gasteiger partial charge in [0, 0.05) is 12.4 Å². The fourth-order valence-corrected chi connectivity index (χ4v) is 4.51. The first-order chi connectivity index (χ1) is 17.3. The predicted molar refractivity (Wildman–Crippen MR) is 137 cm³/mol. The van der Waals surface area contributed by atoms with Crippen molar-refractivity contribution >= 4 is 43.2 Å². The maximum Gasteiger partial charge on any atom is 0.281 e. The van der Waals surface area contributed by atoms with Crippen LogP contribution < -0.4 is 19.9 Å². The highest BCUT2D eigenvalue weighted by Crippen LogP contribution is 2.46. The van der Waals surface area contributed by atoms with Crippen LogP contribution in [0.3, 0.4) is 0 Å². The molecule has 1 heterocycles. The highest BCUT2D eigenvalue weighted by Gasteiger charge is 2.26. The van der Waals surface area contributed by atoms with Crippen LogP contribution in [0, 0.1) is 5.82 Å². The van der Waals surface area contributed by atoms with Gasteiger partial charge in [-0.05, 0) is 70.7 Å². The summed E-state index contributed by atoms with van der Waals surface area (Å²) in [6.45, 7) is 1.88. The molecular weight excluding hydrogens is 486 g/mol. The quantitative estimate of drug-likeness (QED) is 0.324. The van der Waals surface area contributed by atoms with Crippen LogP contribution in [-0.2, 0) is 4.79 Å². The van der Waals surface area contributed by atoms with Gasteiger partial charge in [-0.2, -0.15) is 0 Å². The number of hydrogen-bond acceptors (Lipinski definition) is 8. The van der Waals surface area contributed by atoms with E-state index in [1.54, 1.807) is 18.2 Å². The Kier molecular flexibility index (Phi) is 7.59. The van der Waals surface area contributed by atoms with Crippen molar-refractivity contribution in [1.29, 1.82) is 0 Å². The molecule has 0 aliphatic heterocycles. The predicted octanol–water partition coefficient (Wildman–Crippen LogP) is 4.61. The van der Waals surface area contributed by atoms with Crippen LogP contribution >= 0.6 is 8.53 Å². The average Bonchev–Trinajstić information content (AvgIpc) is 3.10. The summed E-state index contributed by atoms with van der Waals surface area (Å²) in [6, 6.07) is 7.91. The first-order valence-corrected chi connectivity index (χ1v) is 12.0. The number of ether oxygens (including phenoxy) is 2. The van der Waals surface area contributed by atoms with E-state index in [1.807, 2.05) is 13.0 Å². The lowest BCUT2D eigenvalue weighted by atomic mass is 10.00. The molecule has 0 saturated heterocycles. The molecule has 0 fully saturated rings. The van der Waals surface area contributed by atoms with Gasteiger partial charge in [-0.15, -0.1) is 0 Å². The van der Waals surface area contributed by atoms with Crippen molar-refractivity contribution in [3.8, 4) is 11.5 Å². The Morgan fingerprint density at radius 2 is 1.83 bits per heavy atom. The molecule has 0 saturated carbocycles. The van der Waals surface area contributed by atoms with Crippen LogP contribution in [0.1, 0.15) is 30.0 Å². The molecule has 0 spiro atoms. The monoisotopic (exact) mass is 510 g/mol. The number of carbonyl (C=O) groups excluding carboxylic acids is 1. The zero-order chi connectivity index (χ0) is 25.8. The maximum atomic E-state index is 14.2. The van der Waals surface area contributed by atoms with Gasteiger partial charge in [0.25, 0.3) is 8.53 Å². The molecule has 4 rings (SSSR count). The van der Waals surface area contributed by atoms with Crippen molar-refractivity contribution in [2.45, 2.75) is 13.3 Å². The minimum Gasteiger partial charge on any atom is -0.494 e. The molecule has 11 heteroatoms. The number of anilines is 2. The number of aromatic nitrogens is 2. The van der Waals surface area contributed by atoms with E-state index in [9.17, 15) is 19.0 Å². The second kappa shape index (κ2) is 10.8. The summed E-state index contributed by atoms with van der Waals surface area (Å²) < 4.78 is 25.1. The minimum atomic E-state index is -2.44. The summed E-state index contributed by atoms with van der Waals surface area (Å²) in [5.41, 5.74) is 4.75. The number of halogens is 1. The molecule has 0 unspecified atom stereocenters. The van der Waals surface area contributed by atoms with Crippen molar-refractivity contribution in [3.05, 3.63) is 77.0 Å². The smallest absolute Gasteiger partial charge is 0.281 e. The molecule has 2 aromatic carbocycles. The molecule has 0 bridgehead atoms. The van der Waals surface area contributed by atoms with Gasteiger partial charge >= 0.3 is 0 Å². The average molecular weight is 510 g/mol. The minimum absolute atomic E-state index is 0.0161. The molecule has 186 valence electrons. The van der Waals surface area contributed by atoms with Gasteiger partial charge in [-0.25, -0.2) is 9.37 Å². The van der Waals surface area contributed by atoms with Crippen LogP contribution in [0.2, 0.25) is 0 Å². The van der Waals surface area contributed by atoms with E-state index < -0.39 is 14.3 Å². The molecule has 36 heavy (non-hydrogen) atoms. The van der Waals surface area contributed by atoms with E-state index in [1.165, 1.54) is 44.9 Å². The second-order valence-corrected chi connectivity index (χ2v) is 8.67. The van der Waals surface area contributed by atoms with Crippen molar-refractivity contribution < 1.29 is 28.4 Å². The summed E-state index contributed by atoms with van der Waals surface area (Å²) in [6.07, 6.45) is 6.34. The molecule has 3 aromatic rings. The first-order valence-electron chi connectivity index (χ1n) is 10.8. The Morgan fingerprint density at radius 3 is 2.44 bits per heavy atom. The SMILES string of the molecule is COc1cc(/C=C2/C(C)=C(CC(=O)Nc3cnccn3)c3cc(F)ccc32)cc(OC)c1NP(O)O. The second-order valence-electron chi connectivity index (χ2n) is 7.87. The summed E-state index contributed by atoms with van der Waals surface area (Å²) >= 11 is 0. The van der Waals surface area contributed by atoms with Crippen LogP contribution in [-0.4, -0.2) is 39.9 Å². The Labute approximate surface area is 208 Å². The Bertz CT molecular complexity index is 1340. The number of amides is 1. The Morgan fingerprint density at radius 1 is 1.11 bits per heavy atom. The molecule has 1 amide bonds. The van der Waals surface area contributed by atoms with Gasteiger partial charge in [-0.3, -0.25) is 9.78 Å². The van der Waals surface area contributed by atoms with E-state index in [0.29, 0.717) is 39.7 Å². The molecule has 1 aliphatic rings. The molecule has 1 aliphatic carbocycles. The summed E-state index contributed by atoms with van der Waals surface area (Å²) in [5, 5.41) is 5.26. The van der Waals surface area contributed by atoms with E-state index in [4.69, 9.17) is 9.47 Å². The van der Waals surface area contributed by atoms with Crippen LogP contribution in [0.25, 0.3) is 17.2 Å². The number of rotatable bonds is 8. The highest BCUT2D eigenvalue weighted by atomic mass is 31.2. The fourth-order valence-electron chi connectivity index (χ4n) is 4.08. The lowest BCUT2D eigenvalue weighted by molar-refractivity contribution is -0.115. The van der Waals surface area contributed by atoms with E-state index in [0.717, 1.165) is 16.7 Å². The number of allylic oxidation sites excluding steroid dienone is 2. The lowest BCUT2D eigenvalue weighted by Crippen LogP contribution is -2.13. The largest absolute Gasteiger partial charge is 0.494 e. The van der Waals surface area contributed by atoms with Crippen molar-refractivity contribution in [1.82, 2.24) is 9.97 Å².